The second kappa shape index (κ2) is 6.26. The van der Waals surface area contributed by atoms with E-state index in [2.05, 4.69) is 4.72 Å². The highest BCUT2D eigenvalue weighted by molar-refractivity contribution is 7.89. The highest BCUT2D eigenvalue weighted by Gasteiger charge is 2.17. The molecule has 2 aromatic heterocycles. The number of furan rings is 1. The second-order valence-corrected chi connectivity index (χ2v) is 7.46. The van der Waals surface area contributed by atoms with Crippen molar-refractivity contribution in [2.75, 3.05) is 0 Å². The Hall–Kier alpha value is -1.60. The van der Waals surface area contributed by atoms with Gasteiger partial charge in [-0.3, -0.25) is 0 Å². The van der Waals surface area contributed by atoms with Gasteiger partial charge in [0, 0.05) is 10.9 Å². The molecule has 3 aromatic rings. The molecule has 1 N–H and O–H groups in total. The average molecular weight is 354 g/mol. The molecule has 7 heteroatoms. The Bertz CT molecular complexity index is 870. The third kappa shape index (κ3) is 3.25. The molecule has 0 unspecified atom stereocenters. The zero-order valence-electron chi connectivity index (χ0n) is 11.3. The van der Waals surface area contributed by atoms with E-state index in [1.165, 1.54) is 12.1 Å². The monoisotopic (exact) mass is 353 g/mol. The van der Waals surface area contributed by atoms with E-state index >= 15 is 0 Å². The predicted molar refractivity (Wildman–Crippen MR) is 87.5 cm³/mol. The lowest BCUT2D eigenvalue weighted by Crippen LogP contribution is -2.23. The van der Waals surface area contributed by atoms with Crippen LogP contribution in [-0.4, -0.2) is 8.42 Å². The molecule has 0 spiro atoms. The Morgan fingerprint density at radius 2 is 1.95 bits per heavy atom. The molecule has 0 aliphatic carbocycles. The van der Waals surface area contributed by atoms with Gasteiger partial charge in [0.15, 0.2) is 0 Å². The second-order valence-electron chi connectivity index (χ2n) is 4.53. The molecule has 22 heavy (non-hydrogen) atoms. The number of halogens is 1. The van der Waals surface area contributed by atoms with Gasteiger partial charge in [0.1, 0.15) is 16.4 Å². The summed E-state index contributed by atoms with van der Waals surface area (Å²) >= 11 is 7.49. The van der Waals surface area contributed by atoms with Crippen molar-refractivity contribution in [2.24, 2.45) is 0 Å². The average Bonchev–Trinajstić information content (AvgIpc) is 3.17. The van der Waals surface area contributed by atoms with E-state index in [1.807, 2.05) is 22.9 Å². The maximum Gasteiger partial charge on any atom is 0.242 e. The van der Waals surface area contributed by atoms with Crippen molar-refractivity contribution in [1.82, 2.24) is 4.72 Å². The van der Waals surface area contributed by atoms with Crippen LogP contribution in [0, 0.1) is 0 Å². The Balaban J connectivity index is 1.74. The summed E-state index contributed by atoms with van der Waals surface area (Å²) in [6, 6.07) is 11.8. The number of hydrogen-bond donors (Lipinski definition) is 1. The molecule has 0 saturated heterocycles. The molecule has 0 atom stereocenters. The number of sulfonamides is 1. The van der Waals surface area contributed by atoms with Crippen LogP contribution in [0.15, 0.2) is 62.5 Å². The van der Waals surface area contributed by atoms with E-state index in [0.29, 0.717) is 11.5 Å². The zero-order chi connectivity index (χ0) is 15.6. The first-order valence-corrected chi connectivity index (χ1v) is 9.22. The molecule has 0 amide bonds. The van der Waals surface area contributed by atoms with E-state index in [0.717, 1.165) is 5.56 Å². The molecule has 0 aliphatic rings. The van der Waals surface area contributed by atoms with Gasteiger partial charge in [-0.1, -0.05) is 23.7 Å². The standard InChI is InChI=1S/C15H12ClNO3S2/c16-13-3-1-2-4-15(13)22(18,19)17-9-12-5-6-14(20-12)11-7-8-21-10-11/h1-8,10,17H,9H2. The largest absolute Gasteiger partial charge is 0.460 e. The number of rotatable bonds is 5. The number of hydrogen-bond acceptors (Lipinski definition) is 4. The summed E-state index contributed by atoms with van der Waals surface area (Å²) in [7, 11) is -3.67. The van der Waals surface area contributed by atoms with Gasteiger partial charge in [0.05, 0.1) is 11.6 Å². The van der Waals surface area contributed by atoms with Crippen molar-refractivity contribution in [1.29, 1.82) is 0 Å². The lowest BCUT2D eigenvalue weighted by atomic mass is 10.3. The lowest BCUT2D eigenvalue weighted by molar-refractivity contribution is 0.509. The molecule has 114 valence electrons. The number of benzene rings is 1. The van der Waals surface area contributed by atoms with Crippen LogP contribution in [0.2, 0.25) is 5.02 Å². The van der Waals surface area contributed by atoms with Crippen molar-refractivity contribution in [3.05, 3.63) is 64.0 Å². The lowest BCUT2D eigenvalue weighted by Gasteiger charge is -2.06. The first kappa shape index (κ1) is 15.3. The fourth-order valence-electron chi connectivity index (χ4n) is 1.94. The first-order chi connectivity index (χ1) is 10.6. The number of thiophene rings is 1. The number of nitrogens with one attached hydrogen (secondary N) is 1. The predicted octanol–water partition coefficient (Wildman–Crippen LogP) is 4.14. The summed E-state index contributed by atoms with van der Waals surface area (Å²) in [5.74, 6) is 1.25. The highest BCUT2D eigenvalue weighted by atomic mass is 35.5. The van der Waals surface area contributed by atoms with Gasteiger partial charge >= 0.3 is 0 Å². The van der Waals surface area contributed by atoms with E-state index in [1.54, 1.807) is 29.5 Å². The van der Waals surface area contributed by atoms with E-state index in [9.17, 15) is 8.42 Å². The SMILES string of the molecule is O=S(=O)(NCc1ccc(-c2ccsc2)o1)c1ccccc1Cl. The summed E-state index contributed by atoms with van der Waals surface area (Å²) in [5.41, 5.74) is 0.977. The van der Waals surface area contributed by atoms with Crippen LogP contribution in [0.3, 0.4) is 0 Å². The Labute approximate surface area is 137 Å². The molecule has 0 radical (unpaired) electrons. The maximum atomic E-state index is 12.2. The smallest absolute Gasteiger partial charge is 0.242 e. The van der Waals surface area contributed by atoms with Crippen LogP contribution >= 0.6 is 22.9 Å². The molecular weight excluding hydrogens is 342 g/mol. The van der Waals surface area contributed by atoms with Crippen molar-refractivity contribution in [2.45, 2.75) is 11.4 Å². The molecule has 3 rings (SSSR count). The normalized spacial score (nSPS) is 11.7. The van der Waals surface area contributed by atoms with Crippen molar-refractivity contribution in [3.8, 4) is 11.3 Å². The fourth-order valence-corrected chi connectivity index (χ4v) is 4.10. The van der Waals surface area contributed by atoms with Crippen molar-refractivity contribution in [3.63, 3.8) is 0 Å². The minimum absolute atomic E-state index is 0.0567. The Morgan fingerprint density at radius 3 is 2.68 bits per heavy atom. The van der Waals surface area contributed by atoms with E-state index in [-0.39, 0.29) is 16.5 Å². The Morgan fingerprint density at radius 1 is 1.14 bits per heavy atom. The molecule has 4 nitrogen and oxygen atoms in total. The third-order valence-corrected chi connectivity index (χ3v) is 5.61. The fraction of sp³-hybridized carbons (Fsp3) is 0.0667. The summed E-state index contributed by atoms with van der Waals surface area (Å²) < 4.78 is 32.6. The summed E-state index contributed by atoms with van der Waals surface area (Å²) in [6.07, 6.45) is 0. The van der Waals surface area contributed by atoms with Gasteiger partial charge in [0.25, 0.3) is 0 Å². The maximum absolute atomic E-state index is 12.2. The van der Waals surface area contributed by atoms with E-state index < -0.39 is 10.0 Å². The third-order valence-electron chi connectivity index (χ3n) is 3.03. The molecule has 0 saturated carbocycles. The van der Waals surface area contributed by atoms with Gasteiger partial charge in [-0.2, -0.15) is 11.3 Å². The highest BCUT2D eigenvalue weighted by Crippen LogP contribution is 2.25. The molecule has 2 heterocycles. The molecule has 0 fully saturated rings. The topological polar surface area (TPSA) is 59.3 Å². The first-order valence-electron chi connectivity index (χ1n) is 6.42. The van der Waals surface area contributed by atoms with Crippen LogP contribution in [0.25, 0.3) is 11.3 Å². The summed E-state index contributed by atoms with van der Waals surface area (Å²) in [4.78, 5) is 0.0567. The summed E-state index contributed by atoms with van der Waals surface area (Å²) in [5, 5.41) is 4.11. The van der Waals surface area contributed by atoms with Crippen LogP contribution in [0.1, 0.15) is 5.76 Å². The quantitative estimate of drug-likeness (QED) is 0.749. The summed E-state index contributed by atoms with van der Waals surface area (Å²) in [6.45, 7) is 0.0672. The van der Waals surface area contributed by atoms with Gasteiger partial charge < -0.3 is 4.42 Å². The van der Waals surface area contributed by atoms with Crippen LogP contribution < -0.4 is 4.72 Å². The minimum atomic E-state index is -3.67. The molecule has 0 bridgehead atoms. The molecular formula is C15H12ClNO3S2. The van der Waals surface area contributed by atoms with Crippen LogP contribution in [-0.2, 0) is 16.6 Å². The van der Waals surface area contributed by atoms with Gasteiger partial charge in [-0.25, -0.2) is 13.1 Å². The van der Waals surface area contributed by atoms with Gasteiger partial charge in [-0.15, -0.1) is 0 Å². The van der Waals surface area contributed by atoms with Crippen molar-refractivity contribution >= 4 is 33.0 Å². The zero-order valence-corrected chi connectivity index (χ0v) is 13.7. The van der Waals surface area contributed by atoms with Crippen molar-refractivity contribution < 1.29 is 12.8 Å². The van der Waals surface area contributed by atoms with E-state index in [4.69, 9.17) is 16.0 Å². The Kier molecular flexibility index (Phi) is 4.35. The van der Waals surface area contributed by atoms with Crippen LogP contribution in [0.5, 0.6) is 0 Å². The minimum Gasteiger partial charge on any atom is -0.460 e. The van der Waals surface area contributed by atoms with Crippen LogP contribution in [0.4, 0.5) is 0 Å². The molecule has 0 aliphatic heterocycles. The molecule has 1 aromatic carbocycles. The van der Waals surface area contributed by atoms with Gasteiger partial charge in [0.2, 0.25) is 10.0 Å². The van der Waals surface area contributed by atoms with Gasteiger partial charge in [-0.05, 0) is 35.7 Å².